The zero-order valence-electron chi connectivity index (χ0n) is 17.9. The minimum atomic E-state index is -0.412. The number of nitrogens with zero attached hydrogens (tertiary/aromatic N) is 2. The van der Waals surface area contributed by atoms with Crippen molar-refractivity contribution in [3.8, 4) is 5.75 Å². The molecule has 0 aliphatic heterocycles. The molecule has 0 radical (unpaired) electrons. The van der Waals surface area contributed by atoms with E-state index in [9.17, 15) is 9.18 Å². The van der Waals surface area contributed by atoms with E-state index in [1.54, 1.807) is 30.6 Å². The highest BCUT2D eigenvalue weighted by Gasteiger charge is 2.19. The van der Waals surface area contributed by atoms with E-state index >= 15 is 0 Å². The van der Waals surface area contributed by atoms with Crippen molar-refractivity contribution >= 4 is 39.2 Å². The van der Waals surface area contributed by atoms with Crippen LogP contribution in [0.1, 0.15) is 27.6 Å². The van der Waals surface area contributed by atoms with Gasteiger partial charge >= 0.3 is 0 Å². The number of amides is 1. The molecule has 32 heavy (non-hydrogen) atoms. The van der Waals surface area contributed by atoms with Crippen molar-refractivity contribution in [1.29, 1.82) is 0 Å². The van der Waals surface area contributed by atoms with E-state index in [4.69, 9.17) is 4.74 Å². The highest BCUT2D eigenvalue weighted by Crippen LogP contribution is 2.34. The molecular weight excluding hydrogens is 445 g/mol. The maximum Gasteiger partial charge on any atom is 0.231 e. The number of aromatic nitrogens is 2. The molecule has 4 rings (SSSR count). The fraction of sp³-hybridized carbons (Fsp3) is 0.208. The first kappa shape index (κ1) is 22.2. The van der Waals surface area contributed by atoms with Gasteiger partial charge in [-0.05, 0) is 54.8 Å². The minimum absolute atomic E-state index is 0.142. The predicted molar refractivity (Wildman–Crippen MR) is 127 cm³/mol. The number of rotatable bonds is 7. The Labute approximate surface area is 194 Å². The van der Waals surface area contributed by atoms with Gasteiger partial charge in [-0.3, -0.25) is 4.79 Å². The lowest BCUT2D eigenvalue weighted by Crippen LogP contribution is -2.30. The van der Waals surface area contributed by atoms with Gasteiger partial charge in [0.25, 0.3) is 0 Å². The number of thiophene rings is 1. The van der Waals surface area contributed by atoms with Gasteiger partial charge in [0.1, 0.15) is 27.8 Å². The molecule has 1 unspecified atom stereocenters. The molecule has 0 bridgehead atoms. The van der Waals surface area contributed by atoms with Crippen LogP contribution in [0.3, 0.4) is 0 Å². The first-order valence-corrected chi connectivity index (χ1v) is 11.8. The molecule has 0 aliphatic rings. The highest BCUT2D eigenvalue weighted by molar-refractivity contribution is 8.00. The molecule has 5 nitrogen and oxygen atoms in total. The second-order valence-electron chi connectivity index (χ2n) is 7.26. The number of methoxy groups -OCH3 is 1. The van der Waals surface area contributed by atoms with E-state index in [-0.39, 0.29) is 17.5 Å². The van der Waals surface area contributed by atoms with Gasteiger partial charge < -0.3 is 10.1 Å². The van der Waals surface area contributed by atoms with Gasteiger partial charge in [0.2, 0.25) is 5.91 Å². The first-order valence-electron chi connectivity index (χ1n) is 9.98. The molecule has 2 heterocycles. The van der Waals surface area contributed by atoms with Crippen molar-refractivity contribution in [3.05, 3.63) is 82.2 Å². The van der Waals surface area contributed by atoms with Crippen LogP contribution in [0.2, 0.25) is 0 Å². The van der Waals surface area contributed by atoms with Crippen molar-refractivity contribution < 1.29 is 13.9 Å². The molecule has 8 heteroatoms. The average Bonchev–Trinajstić information content (AvgIpc) is 3.11. The lowest BCUT2D eigenvalue weighted by Gasteiger charge is -2.20. The van der Waals surface area contributed by atoms with Gasteiger partial charge in [0, 0.05) is 10.3 Å². The zero-order chi connectivity index (χ0) is 22.7. The van der Waals surface area contributed by atoms with E-state index in [2.05, 4.69) is 29.1 Å². The summed E-state index contributed by atoms with van der Waals surface area (Å²) in [6.45, 7) is 4.11. The lowest BCUT2D eigenvalue weighted by molar-refractivity contribution is -0.119. The molecular formula is C24H22FN3O2S2. The highest BCUT2D eigenvalue weighted by atomic mass is 32.2. The molecule has 0 fully saturated rings. The number of fused-ring (bicyclic) bond motifs is 1. The number of hydrogen-bond donors (Lipinski definition) is 1. The summed E-state index contributed by atoms with van der Waals surface area (Å²) in [4.78, 5) is 23.8. The molecule has 0 spiro atoms. The standard InChI is InChI=1S/C24H22FN3O2S2/c1-14-15(2)32-24-21(14)23(26-13-27-24)31-12-20(29)28-22(16-4-8-18(25)9-5-16)17-6-10-19(30-3)11-7-17/h4-11,13,22H,12H2,1-3H3,(H,28,29). The molecule has 1 amide bonds. The smallest absolute Gasteiger partial charge is 0.231 e. The third kappa shape index (κ3) is 4.76. The van der Waals surface area contributed by atoms with Crippen molar-refractivity contribution in [2.24, 2.45) is 0 Å². The summed E-state index contributed by atoms with van der Waals surface area (Å²) in [5.41, 5.74) is 2.82. The fourth-order valence-corrected chi connectivity index (χ4v) is 5.34. The van der Waals surface area contributed by atoms with Crippen LogP contribution >= 0.6 is 23.1 Å². The molecule has 0 saturated carbocycles. The molecule has 1 atom stereocenters. The Morgan fingerprint density at radius 2 is 1.75 bits per heavy atom. The Morgan fingerprint density at radius 1 is 1.09 bits per heavy atom. The third-order valence-corrected chi connectivity index (χ3v) is 7.33. The maximum absolute atomic E-state index is 13.5. The first-order chi connectivity index (χ1) is 15.5. The van der Waals surface area contributed by atoms with Gasteiger partial charge in [-0.1, -0.05) is 36.0 Å². The molecule has 1 N–H and O–H groups in total. The zero-order valence-corrected chi connectivity index (χ0v) is 19.5. The number of hydrogen-bond acceptors (Lipinski definition) is 6. The van der Waals surface area contributed by atoms with Gasteiger partial charge in [0.05, 0.1) is 18.9 Å². The Hall–Kier alpha value is -2.97. The van der Waals surface area contributed by atoms with Gasteiger partial charge in [0.15, 0.2) is 0 Å². The second kappa shape index (κ2) is 9.67. The molecule has 2 aromatic heterocycles. The van der Waals surface area contributed by atoms with Crippen LogP contribution in [-0.4, -0.2) is 28.7 Å². The van der Waals surface area contributed by atoms with Crippen LogP contribution in [0.5, 0.6) is 5.75 Å². The summed E-state index contributed by atoms with van der Waals surface area (Å²) >= 11 is 3.02. The quantitative estimate of drug-likeness (QED) is 0.289. The number of thioether (sulfide) groups is 1. The normalized spacial score (nSPS) is 12.0. The molecule has 4 aromatic rings. The predicted octanol–water partition coefficient (Wildman–Crippen LogP) is 5.45. The number of halogens is 1. The minimum Gasteiger partial charge on any atom is -0.497 e. The summed E-state index contributed by atoms with van der Waals surface area (Å²) in [6, 6.07) is 13.2. The van der Waals surface area contributed by atoms with Gasteiger partial charge in [-0.15, -0.1) is 11.3 Å². The topological polar surface area (TPSA) is 64.1 Å². The maximum atomic E-state index is 13.5. The number of aryl methyl sites for hydroxylation is 2. The molecule has 0 aliphatic carbocycles. The monoisotopic (exact) mass is 467 g/mol. The summed E-state index contributed by atoms with van der Waals surface area (Å²) < 4.78 is 18.7. The van der Waals surface area contributed by atoms with E-state index in [1.807, 2.05) is 24.3 Å². The van der Waals surface area contributed by atoms with Crippen molar-refractivity contribution in [3.63, 3.8) is 0 Å². The molecule has 2 aromatic carbocycles. The van der Waals surface area contributed by atoms with E-state index in [1.165, 1.54) is 35.1 Å². The van der Waals surface area contributed by atoms with Crippen molar-refractivity contribution in [2.75, 3.05) is 12.9 Å². The Morgan fingerprint density at radius 3 is 2.41 bits per heavy atom. The fourth-order valence-electron chi connectivity index (χ4n) is 3.41. The van der Waals surface area contributed by atoms with Gasteiger partial charge in [-0.25, -0.2) is 14.4 Å². The van der Waals surface area contributed by atoms with Crippen molar-refractivity contribution in [2.45, 2.75) is 24.9 Å². The summed E-state index contributed by atoms with van der Waals surface area (Å²) in [6.07, 6.45) is 1.54. The number of carbonyl (C=O) groups is 1. The van der Waals surface area contributed by atoms with Crippen LogP contribution < -0.4 is 10.1 Å². The Bertz CT molecular complexity index is 1240. The van der Waals surface area contributed by atoms with E-state index in [0.29, 0.717) is 0 Å². The number of nitrogens with one attached hydrogen (secondary N) is 1. The Balaban J connectivity index is 1.54. The van der Waals surface area contributed by atoms with Crippen LogP contribution in [-0.2, 0) is 4.79 Å². The largest absolute Gasteiger partial charge is 0.497 e. The van der Waals surface area contributed by atoms with Crippen LogP contribution in [0.15, 0.2) is 59.9 Å². The lowest BCUT2D eigenvalue weighted by atomic mass is 9.98. The Kier molecular flexibility index (Phi) is 6.72. The summed E-state index contributed by atoms with van der Waals surface area (Å²) in [5.74, 6) is 0.464. The van der Waals surface area contributed by atoms with Gasteiger partial charge in [-0.2, -0.15) is 0 Å². The summed E-state index contributed by atoms with van der Waals surface area (Å²) in [7, 11) is 1.60. The van der Waals surface area contributed by atoms with Crippen molar-refractivity contribution in [1.82, 2.24) is 15.3 Å². The SMILES string of the molecule is COc1ccc(C(NC(=O)CSc2ncnc3sc(C)c(C)c23)c2ccc(F)cc2)cc1. The van der Waals surface area contributed by atoms with Crippen LogP contribution in [0.4, 0.5) is 4.39 Å². The van der Waals surface area contributed by atoms with E-state index in [0.717, 1.165) is 37.7 Å². The average molecular weight is 468 g/mol. The van der Waals surface area contributed by atoms with Crippen LogP contribution in [0, 0.1) is 19.7 Å². The number of ether oxygens (including phenoxy) is 1. The second-order valence-corrected chi connectivity index (χ2v) is 9.42. The third-order valence-electron chi connectivity index (χ3n) is 5.23. The molecule has 164 valence electrons. The van der Waals surface area contributed by atoms with Crippen LogP contribution in [0.25, 0.3) is 10.2 Å². The van der Waals surface area contributed by atoms with E-state index < -0.39 is 6.04 Å². The summed E-state index contributed by atoms with van der Waals surface area (Å²) in [5, 5.41) is 4.89. The number of benzene rings is 2. The number of carbonyl (C=O) groups excluding carboxylic acids is 1. The molecule has 0 saturated heterocycles.